The fourth-order valence-corrected chi connectivity index (χ4v) is 4.41. The summed E-state index contributed by atoms with van der Waals surface area (Å²) in [6, 6.07) is 13.5. The van der Waals surface area contributed by atoms with Gasteiger partial charge in [-0.2, -0.15) is 0 Å². The van der Waals surface area contributed by atoms with E-state index in [0.29, 0.717) is 24.1 Å². The van der Waals surface area contributed by atoms with Crippen LogP contribution in [0, 0.1) is 0 Å². The number of H-pyrrole nitrogens is 2. The monoisotopic (exact) mass is 432 g/mol. The number of hydrogen-bond acceptors (Lipinski definition) is 4. The molecule has 1 saturated heterocycles. The van der Waals surface area contributed by atoms with Gasteiger partial charge in [0.15, 0.2) is 0 Å². The zero-order chi connectivity index (χ0) is 22.1. The molecule has 1 amide bonds. The van der Waals surface area contributed by atoms with Crippen LogP contribution in [0.5, 0.6) is 0 Å². The smallest absolute Gasteiger partial charge is 0.329 e. The first-order valence-corrected chi connectivity index (χ1v) is 10.8. The third-order valence-corrected chi connectivity index (χ3v) is 6.07. The van der Waals surface area contributed by atoms with Gasteiger partial charge in [0.25, 0.3) is 5.56 Å². The van der Waals surface area contributed by atoms with Crippen molar-refractivity contribution in [3.8, 4) is 0 Å². The molecule has 8 heteroatoms. The third kappa shape index (κ3) is 3.73. The van der Waals surface area contributed by atoms with E-state index < -0.39 is 17.3 Å². The summed E-state index contributed by atoms with van der Waals surface area (Å²) < 4.78 is 6.64. The summed E-state index contributed by atoms with van der Waals surface area (Å²) in [4.78, 5) is 45.5. The lowest BCUT2D eigenvalue weighted by Crippen LogP contribution is -2.46. The number of nitrogens with one attached hydrogen (secondary N) is 3. The first-order valence-electron chi connectivity index (χ1n) is 10.8. The van der Waals surface area contributed by atoms with Gasteiger partial charge in [-0.1, -0.05) is 30.3 Å². The second kappa shape index (κ2) is 8.47. The molecule has 1 aliphatic rings. The zero-order valence-electron chi connectivity index (χ0n) is 17.5. The minimum Gasteiger partial charge on any atom is -0.376 e. The van der Waals surface area contributed by atoms with E-state index in [1.54, 1.807) is 24.3 Å². The maximum absolute atomic E-state index is 13.3. The number of nitrogens with zero attached hydrogens (tertiary/aromatic N) is 1. The average Bonchev–Trinajstić information content (AvgIpc) is 3.47. The van der Waals surface area contributed by atoms with E-state index in [2.05, 4.69) is 15.3 Å². The quantitative estimate of drug-likeness (QED) is 0.434. The van der Waals surface area contributed by atoms with Crippen LogP contribution >= 0.6 is 0 Å². The molecule has 0 saturated carbocycles. The Kier molecular flexibility index (Phi) is 5.36. The number of fused-ring (bicyclic) bond motifs is 2. The second-order valence-corrected chi connectivity index (χ2v) is 8.11. The lowest BCUT2D eigenvalue weighted by Gasteiger charge is -2.20. The van der Waals surface area contributed by atoms with E-state index in [-0.39, 0.29) is 18.4 Å². The fourth-order valence-electron chi connectivity index (χ4n) is 4.41. The summed E-state index contributed by atoms with van der Waals surface area (Å²) in [7, 11) is 0. The lowest BCUT2D eigenvalue weighted by atomic mass is 10.0. The maximum atomic E-state index is 13.3. The van der Waals surface area contributed by atoms with Crippen molar-refractivity contribution in [2.75, 3.05) is 13.2 Å². The lowest BCUT2D eigenvalue weighted by molar-refractivity contribution is -0.125. The van der Waals surface area contributed by atoms with E-state index in [0.717, 1.165) is 33.9 Å². The van der Waals surface area contributed by atoms with Crippen LogP contribution in [0.15, 0.2) is 64.3 Å². The molecule has 0 bridgehead atoms. The molecule has 8 nitrogen and oxygen atoms in total. The summed E-state index contributed by atoms with van der Waals surface area (Å²) in [5, 5.41) is 4.22. The van der Waals surface area contributed by atoms with E-state index >= 15 is 0 Å². The van der Waals surface area contributed by atoms with Crippen molar-refractivity contribution in [1.29, 1.82) is 0 Å². The number of aromatic nitrogens is 3. The van der Waals surface area contributed by atoms with Gasteiger partial charge < -0.3 is 20.0 Å². The number of rotatable bonds is 6. The van der Waals surface area contributed by atoms with Gasteiger partial charge in [0, 0.05) is 36.7 Å². The topological polar surface area (TPSA) is 109 Å². The van der Waals surface area contributed by atoms with Crippen molar-refractivity contribution in [3.05, 3.63) is 81.1 Å². The minimum absolute atomic E-state index is 0.0423. The van der Waals surface area contributed by atoms with E-state index in [4.69, 9.17) is 4.74 Å². The SMILES string of the molecule is O=C(NC[C@@H]1CCCO1)[C@H](Cc1c[nH]c2ccccc12)n1c(=O)[nH]c2ccccc2c1=O. The van der Waals surface area contributed by atoms with Crippen LogP contribution in [-0.2, 0) is 16.0 Å². The molecule has 0 unspecified atom stereocenters. The first kappa shape index (κ1) is 20.3. The van der Waals surface area contributed by atoms with E-state index in [1.807, 2.05) is 30.5 Å². The van der Waals surface area contributed by atoms with Crippen LogP contribution in [0.3, 0.4) is 0 Å². The van der Waals surface area contributed by atoms with Crippen molar-refractivity contribution in [2.24, 2.45) is 0 Å². The number of aromatic amines is 2. The highest BCUT2D eigenvalue weighted by Gasteiger charge is 2.27. The zero-order valence-corrected chi connectivity index (χ0v) is 17.5. The van der Waals surface area contributed by atoms with Gasteiger partial charge in [-0.05, 0) is 36.6 Å². The number of amides is 1. The van der Waals surface area contributed by atoms with Gasteiger partial charge in [-0.3, -0.25) is 9.59 Å². The highest BCUT2D eigenvalue weighted by molar-refractivity contribution is 5.86. The molecule has 5 rings (SSSR count). The number of hydrogen-bond donors (Lipinski definition) is 3. The average molecular weight is 432 g/mol. The normalized spacial score (nSPS) is 17.1. The molecule has 4 aromatic rings. The van der Waals surface area contributed by atoms with Crippen molar-refractivity contribution in [2.45, 2.75) is 31.4 Å². The molecule has 2 atom stereocenters. The van der Waals surface area contributed by atoms with Gasteiger partial charge in [-0.15, -0.1) is 0 Å². The van der Waals surface area contributed by atoms with Crippen LogP contribution in [0.4, 0.5) is 0 Å². The molecule has 32 heavy (non-hydrogen) atoms. The highest BCUT2D eigenvalue weighted by atomic mass is 16.5. The summed E-state index contributed by atoms with van der Waals surface area (Å²) in [6.07, 6.45) is 3.82. The summed E-state index contributed by atoms with van der Waals surface area (Å²) in [5.41, 5.74) is 1.15. The maximum Gasteiger partial charge on any atom is 0.329 e. The van der Waals surface area contributed by atoms with Gasteiger partial charge >= 0.3 is 5.69 Å². The Balaban J connectivity index is 1.56. The number of ether oxygens (including phenoxy) is 1. The first-order chi connectivity index (χ1) is 15.6. The largest absolute Gasteiger partial charge is 0.376 e. The van der Waals surface area contributed by atoms with Crippen LogP contribution in [0.1, 0.15) is 24.4 Å². The number of para-hydroxylation sites is 2. The number of carbonyl (C=O) groups is 1. The van der Waals surface area contributed by atoms with Crippen molar-refractivity contribution >= 4 is 27.7 Å². The van der Waals surface area contributed by atoms with Gasteiger partial charge in [0.05, 0.1) is 17.0 Å². The predicted molar refractivity (Wildman–Crippen MR) is 122 cm³/mol. The van der Waals surface area contributed by atoms with Crippen molar-refractivity contribution < 1.29 is 9.53 Å². The van der Waals surface area contributed by atoms with E-state index in [1.165, 1.54) is 0 Å². The molecule has 2 aromatic heterocycles. The summed E-state index contributed by atoms with van der Waals surface area (Å²) >= 11 is 0. The van der Waals surface area contributed by atoms with Crippen molar-refractivity contribution in [1.82, 2.24) is 19.9 Å². The van der Waals surface area contributed by atoms with Crippen LogP contribution in [0.2, 0.25) is 0 Å². The fraction of sp³-hybridized carbons (Fsp3) is 0.292. The molecule has 1 aliphatic heterocycles. The third-order valence-electron chi connectivity index (χ3n) is 6.07. The van der Waals surface area contributed by atoms with Gasteiger partial charge in [-0.25, -0.2) is 9.36 Å². The molecular formula is C24H24N4O4. The Bertz CT molecular complexity index is 1390. The number of benzene rings is 2. The highest BCUT2D eigenvalue weighted by Crippen LogP contribution is 2.22. The Morgan fingerprint density at radius 2 is 1.84 bits per heavy atom. The van der Waals surface area contributed by atoms with Gasteiger partial charge in [0.1, 0.15) is 6.04 Å². The standard InChI is InChI=1S/C24H24N4O4/c29-22(26-14-16-6-5-11-32-16)21(12-15-13-25-19-9-3-1-7-17(15)19)28-23(30)18-8-2-4-10-20(18)27-24(28)31/h1-4,7-10,13,16,21,25H,5-6,11-12,14H2,(H,26,29)(H,27,31)/t16-,21-/m0/s1. The van der Waals surface area contributed by atoms with Crippen molar-refractivity contribution in [3.63, 3.8) is 0 Å². The molecule has 164 valence electrons. The molecule has 3 heterocycles. The van der Waals surface area contributed by atoms with Crippen LogP contribution in [-0.4, -0.2) is 39.7 Å². The molecule has 1 fully saturated rings. The molecule has 0 radical (unpaired) electrons. The molecular weight excluding hydrogens is 408 g/mol. The predicted octanol–water partition coefficient (Wildman–Crippen LogP) is 2.25. The van der Waals surface area contributed by atoms with E-state index in [9.17, 15) is 14.4 Å². The Morgan fingerprint density at radius 1 is 1.09 bits per heavy atom. The second-order valence-electron chi connectivity index (χ2n) is 8.11. The minimum atomic E-state index is -1.00. The molecule has 3 N–H and O–H groups in total. The molecule has 2 aromatic carbocycles. The summed E-state index contributed by atoms with van der Waals surface area (Å²) in [6.45, 7) is 1.03. The summed E-state index contributed by atoms with van der Waals surface area (Å²) in [5.74, 6) is -0.381. The van der Waals surface area contributed by atoms with Gasteiger partial charge in [0.2, 0.25) is 5.91 Å². The Labute approximate surface area is 183 Å². The van der Waals surface area contributed by atoms with Crippen LogP contribution < -0.4 is 16.6 Å². The molecule has 0 spiro atoms. The number of carbonyl (C=O) groups excluding carboxylic acids is 1. The van der Waals surface area contributed by atoms with Crippen LogP contribution in [0.25, 0.3) is 21.8 Å². The Morgan fingerprint density at radius 3 is 2.62 bits per heavy atom. The Hall–Kier alpha value is -3.65. The molecule has 0 aliphatic carbocycles.